The molecule has 7 nitrogen and oxygen atoms in total. The summed E-state index contributed by atoms with van der Waals surface area (Å²) in [5.74, 6) is -1.12. The van der Waals surface area contributed by atoms with Gasteiger partial charge in [0, 0.05) is 30.0 Å². The summed E-state index contributed by atoms with van der Waals surface area (Å²) in [6, 6.07) is 1.34. The van der Waals surface area contributed by atoms with Gasteiger partial charge in [-0.15, -0.1) is 11.3 Å². The first kappa shape index (κ1) is 15.3. The number of hydrogen-bond acceptors (Lipinski definition) is 6. The standard InChI is InChI=1S/C12H11N3O4S2/c16-12(17)2-1-9-5-10(7-13-6-9)21(18,19)15-8-11-14-3-4-20-11/h1-7,15H,8H2,(H,16,17). The Morgan fingerprint density at radius 2 is 2.24 bits per heavy atom. The van der Waals surface area contributed by atoms with E-state index >= 15 is 0 Å². The van der Waals surface area contributed by atoms with Gasteiger partial charge in [0.05, 0.1) is 6.54 Å². The van der Waals surface area contributed by atoms with Crippen molar-refractivity contribution < 1.29 is 18.3 Å². The first-order valence-electron chi connectivity index (χ1n) is 5.71. The van der Waals surface area contributed by atoms with E-state index < -0.39 is 16.0 Å². The molecule has 0 unspecified atom stereocenters. The molecule has 0 fully saturated rings. The van der Waals surface area contributed by atoms with E-state index in [0.29, 0.717) is 10.6 Å². The zero-order valence-electron chi connectivity index (χ0n) is 10.6. The second-order valence-corrected chi connectivity index (χ2v) is 6.62. The van der Waals surface area contributed by atoms with Crippen LogP contribution < -0.4 is 4.72 Å². The van der Waals surface area contributed by atoms with Gasteiger partial charge in [0.2, 0.25) is 10.0 Å². The zero-order valence-corrected chi connectivity index (χ0v) is 12.3. The maximum absolute atomic E-state index is 12.1. The van der Waals surface area contributed by atoms with Gasteiger partial charge in [0.1, 0.15) is 9.90 Å². The molecule has 0 saturated heterocycles. The number of nitrogens with zero attached hydrogens (tertiary/aromatic N) is 2. The maximum Gasteiger partial charge on any atom is 0.328 e. The van der Waals surface area contributed by atoms with Crippen molar-refractivity contribution in [2.24, 2.45) is 0 Å². The summed E-state index contributed by atoms with van der Waals surface area (Å²) in [4.78, 5) is 18.2. The Labute approximate surface area is 125 Å². The predicted molar refractivity (Wildman–Crippen MR) is 77.0 cm³/mol. The lowest BCUT2D eigenvalue weighted by molar-refractivity contribution is -0.131. The van der Waals surface area contributed by atoms with Gasteiger partial charge in [0.25, 0.3) is 0 Å². The van der Waals surface area contributed by atoms with E-state index in [1.165, 1.54) is 35.9 Å². The molecule has 110 valence electrons. The number of aliphatic carboxylic acids is 1. The van der Waals surface area contributed by atoms with Crippen LogP contribution in [0.5, 0.6) is 0 Å². The molecule has 2 aromatic rings. The van der Waals surface area contributed by atoms with E-state index in [9.17, 15) is 13.2 Å². The number of rotatable bonds is 6. The van der Waals surface area contributed by atoms with Crippen molar-refractivity contribution in [2.45, 2.75) is 11.4 Å². The highest BCUT2D eigenvalue weighted by atomic mass is 32.2. The highest BCUT2D eigenvalue weighted by Crippen LogP contribution is 2.12. The molecule has 0 radical (unpaired) electrons. The molecule has 0 bridgehead atoms. The summed E-state index contributed by atoms with van der Waals surface area (Å²) in [6.07, 6.45) is 6.35. The Bertz CT molecular complexity index is 755. The van der Waals surface area contributed by atoms with Crippen LogP contribution in [-0.2, 0) is 21.4 Å². The van der Waals surface area contributed by atoms with Gasteiger partial charge in [0.15, 0.2) is 0 Å². The van der Waals surface area contributed by atoms with Crippen molar-refractivity contribution >= 4 is 33.4 Å². The zero-order chi connectivity index (χ0) is 15.3. The molecule has 0 aromatic carbocycles. The fraction of sp³-hybridized carbons (Fsp3) is 0.0833. The van der Waals surface area contributed by atoms with E-state index in [4.69, 9.17) is 5.11 Å². The SMILES string of the molecule is O=C(O)C=Cc1cncc(S(=O)(=O)NCc2nccs2)c1. The van der Waals surface area contributed by atoms with Crippen LogP contribution in [0.4, 0.5) is 0 Å². The average molecular weight is 325 g/mol. The Hall–Kier alpha value is -2.10. The molecular weight excluding hydrogens is 314 g/mol. The van der Waals surface area contributed by atoms with Crippen molar-refractivity contribution in [3.8, 4) is 0 Å². The van der Waals surface area contributed by atoms with Crippen molar-refractivity contribution in [1.82, 2.24) is 14.7 Å². The molecule has 2 aromatic heterocycles. The number of carboxylic acid groups (broad SMARTS) is 1. The van der Waals surface area contributed by atoms with E-state index in [2.05, 4.69) is 14.7 Å². The lowest BCUT2D eigenvalue weighted by atomic mass is 10.2. The molecule has 2 rings (SSSR count). The van der Waals surface area contributed by atoms with E-state index in [-0.39, 0.29) is 11.4 Å². The number of carboxylic acids is 1. The van der Waals surface area contributed by atoms with Gasteiger partial charge in [-0.3, -0.25) is 4.98 Å². The summed E-state index contributed by atoms with van der Waals surface area (Å²) < 4.78 is 26.6. The molecular formula is C12H11N3O4S2. The van der Waals surface area contributed by atoms with Crippen LogP contribution in [0.2, 0.25) is 0 Å². The molecule has 2 heterocycles. The fourth-order valence-corrected chi connectivity index (χ4v) is 3.05. The Balaban J connectivity index is 2.16. The second-order valence-electron chi connectivity index (χ2n) is 3.88. The van der Waals surface area contributed by atoms with Crippen molar-refractivity contribution in [2.75, 3.05) is 0 Å². The van der Waals surface area contributed by atoms with Crippen LogP contribution >= 0.6 is 11.3 Å². The smallest absolute Gasteiger partial charge is 0.328 e. The van der Waals surface area contributed by atoms with Crippen molar-refractivity contribution in [1.29, 1.82) is 0 Å². The molecule has 0 aliphatic heterocycles. The van der Waals surface area contributed by atoms with Crippen molar-refractivity contribution in [3.63, 3.8) is 0 Å². The molecule has 0 aliphatic carbocycles. The Kier molecular flexibility index (Phi) is 4.78. The molecule has 21 heavy (non-hydrogen) atoms. The average Bonchev–Trinajstić information content (AvgIpc) is 2.97. The fourth-order valence-electron chi connectivity index (χ4n) is 1.42. The monoisotopic (exact) mass is 325 g/mol. The van der Waals surface area contributed by atoms with Crippen molar-refractivity contribution in [3.05, 3.63) is 46.7 Å². The minimum absolute atomic E-state index is 0.0356. The van der Waals surface area contributed by atoms with Gasteiger partial charge >= 0.3 is 5.97 Å². The molecule has 0 atom stereocenters. The summed E-state index contributed by atoms with van der Waals surface area (Å²) in [5, 5.41) is 10.9. The number of nitrogens with one attached hydrogen (secondary N) is 1. The van der Waals surface area contributed by atoms with Crippen LogP contribution in [-0.4, -0.2) is 29.5 Å². The van der Waals surface area contributed by atoms with Gasteiger partial charge < -0.3 is 5.11 Å². The number of pyridine rings is 1. The highest BCUT2D eigenvalue weighted by molar-refractivity contribution is 7.89. The molecule has 0 spiro atoms. The summed E-state index contributed by atoms with van der Waals surface area (Å²) >= 11 is 1.34. The van der Waals surface area contributed by atoms with Crippen LogP contribution in [0.1, 0.15) is 10.6 Å². The van der Waals surface area contributed by atoms with Gasteiger partial charge in [-0.25, -0.2) is 22.9 Å². The lowest BCUT2D eigenvalue weighted by Crippen LogP contribution is -2.23. The topological polar surface area (TPSA) is 109 Å². The second kappa shape index (κ2) is 6.57. The van der Waals surface area contributed by atoms with Gasteiger partial charge in [-0.1, -0.05) is 0 Å². The van der Waals surface area contributed by atoms with E-state index in [1.807, 2.05) is 0 Å². The Morgan fingerprint density at radius 3 is 2.90 bits per heavy atom. The third kappa shape index (κ3) is 4.45. The normalized spacial score (nSPS) is 11.8. The van der Waals surface area contributed by atoms with Gasteiger partial charge in [-0.2, -0.15) is 0 Å². The van der Waals surface area contributed by atoms with Crippen LogP contribution in [0, 0.1) is 0 Å². The molecule has 0 saturated carbocycles. The largest absolute Gasteiger partial charge is 0.478 e. The van der Waals surface area contributed by atoms with Crippen LogP contribution in [0.15, 0.2) is 41.0 Å². The molecule has 0 amide bonds. The number of hydrogen-bond donors (Lipinski definition) is 2. The quantitative estimate of drug-likeness (QED) is 0.770. The highest BCUT2D eigenvalue weighted by Gasteiger charge is 2.15. The Morgan fingerprint density at radius 1 is 1.43 bits per heavy atom. The van der Waals surface area contributed by atoms with Gasteiger partial charge in [-0.05, 0) is 17.7 Å². The summed E-state index contributed by atoms with van der Waals surface area (Å²) in [6.45, 7) is 0.0925. The minimum atomic E-state index is -3.72. The third-order valence-electron chi connectivity index (χ3n) is 2.36. The number of aromatic nitrogens is 2. The molecule has 9 heteroatoms. The molecule has 2 N–H and O–H groups in total. The predicted octanol–water partition coefficient (Wildman–Crippen LogP) is 1.11. The molecule has 0 aliphatic rings. The minimum Gasteiger partial charge on any atom is -0.478 e. The lowest BCUT2D eigenvalue weighted by Gasteiger charge is -2.05. The third-order valence-corrected chi connectivity index (χ3v) is 4.51. The number of sulfonamides is 1. The number of thiazole rings is 1. The summed E-state index contributed by atoms with van der Waals surface area (Å²) in [7, 11) is -3.72. The summed E-state index contributed by atoms with van der Waals surface area (Å²) in [5.41, 5.74) is 0.384. The van der Waals surface area contributed by atoms with Crippen LogP contribution in [0.3, 0.4) is 0 Å². The first-order chi connectivity index (χ1) is 9.97. The van der Waals surface area contributed by atoms with Crippen LogP contribution in [0.25, 0.3) is 6.08 Å². The number of carbonyl (C=O) groups is 1. The first-order valence-corrected chi connectivity index (χ1v) is 8.08. The van der Waals surface area contributed by atoms with E-state index in [0.717, 1.165) is 6.08 Å². The maximum atomic E-state index is 12.1. The van der Waals surface area contributed by atoms with E-state index in [1.54, 1.807) is 11.6 Å².